The van der Waals surface area contributed by atoms with E-state index in [0.29, 0.717) is 6.42 Å². The molecule has 0 fully saturated rings. The number of carboxylic acid groups (broad SMARTS) is 1. The maximum absolute atomic E-state index is 10.4. The number of aliphatic carboxylic acids is 1. The molecule has 0 atom stereocenters. The van der Waals surface area contributed by atoms with Crippen LogP contribution in [0.1, 0.15) is 17.5 Å². The quantitative estimate of drug-likeness (QED) is 0.785. The molecule has 1 aromatic carbocycles. The van der Waals surface area contributed by atoms with Gasteiger partial charge in [0.2, 0.25) is 0 Å². The first-order valence-corrected chi connectivity index (χ1v) is 4.39. The molecule has 14 heavy (non-hydrogen) atoms. The minimum Gasteiger partial charge on any atom is -0.481 e. The fourth-order valence-electron chi connectivity index (χ4n) is 1.20. The van der Waals surface area contributed by atoms with Crippen molar-refractivity contribution in [2.45, 2.75) is 19.3 Å². The number of benzene rings is 1. The van der Waals surface area contributed by atoms with Gasteiger partial charge < -0.3 is 5.11 Å². The third kappa shape index (κ3) is 3.28. The minimum absolute atomic E-state index is 0.0541. The number of hydrogen-bond donors (Lipinski definition) is 1. The smallest absolute Gasteiger partial charge is 0.307 e. The fraction of sp³-hybridized carbons (Fsp3) is 0.273. The maximum atomic E-state index is 10.4. The molecule has 0 aromatic heterocycles. The number of nitriles is 1. The minimum atomic E-state index is -0.824. The molecule has 0 aliphatic carbocycles. The first-order chi connectivity index (χ1) is 6.72. The van der Waals surface area contributed by atoms with Crippen molar-refractivity contribution in [2.75, 3.05) is 0 Å². The van der Waals surface area contributed by atoms with Gasteiger partial charge >= 0.3 is 5.97 Å². The van der Waals surface area contributed by atoms with Gasteiger partial charge in [-0.05, 0) is 17.5 Å². The molecule has 3 nitrogen and oxygen atoms in total. The summed E-state index contributed by atoms with van der Waals surface area (Å²) in [6.45, 7) is 0. The van der Waals surface area contributed by atoms with Crippen LogP contribution in [0.3, 0.4) is 0 Å². The van der Waals surface area contributed by atoms with E-state index in [1.54, 1.807) is 12.1 Å². The molecular formula is C11H11NO2. The summed E-state index contributed by atoms with van der Waals surface area (Å²) in [5.41, 5.74) is 1.86. The Morgan fingerprint density at radius 3 is 2.36 bits per heavy atom. The molecule has 1 N–H and O–H groups in total. The first kappa shape index (κ1) is 10.3. The highest BCUT2D eigenvalue weighted by atomic mass is 16.4. The molecule has 1 aromatic rings. The number of hydrogen-bond acceptors (Lipinski definition) is 2. The van der Waals surface area contributed by atoms with Crippen LogP contribution in [0.25, 0.3) is 0 Å². The molecule has 72 valence electrons. The molecule has 0 bridgehead atoms. The Hall–Kier alpha value is -1.82. The van der Waals surface area contributed by atoms with Gasteiger partial charge in [0, 0.05) is 6.42 Å². The number of rotatable bonds is 4. The van der Waals surface area contributed by atoms with Crippen molar-refractivity contribution in [3.8, 4) is 6.07 Å². The molecule has 0 radical (unpaired) electrons. The van der Waals surface area contributed by atoms with Crippen LogP contribution in [0.15, 0.2) is 24.3 Å². The monoisotopic (exact) mass is 189 g/mol. The van der Waals surface area contributed by atoms with Gasteiger partial charge in [0.25, 0.3) is 0 Å². The van der Waals surface area contributed by atoms with E-state index in [1.165, 1.54) is 0 Å². The lowest BCUT2D eigenvalue weighted by Gasteiger charge is -1.99. The van der Waals surface area contributed by atoms with E-state index in [2.05, 4.69) is 6.07 Å². The van der Waals surface area contributed by atoms with Crippen LogP contribution < -0.4 is 0 Å². The second-order valence-electron chi connectivity index (χ2n) is 3.05. The van der Waals surface area contributed by atoms with Gasteiger partial charge in [0.1, 0.15) is 0 Å². The Morgan fingerprint density at radius 2 is 1.86 bits per heavy atom. The third-order valence-electron chi connectivity index (χ3n) is 1.90. The van der Waals surface area contributed by atoms with Crippen molar-refractivity contribution < 1.29 is 9.90 Å². The second-order valence-corrected chi connectivity index (χ2v) is 3.05. The summed E-state index contributed by atoms with van der Waals surface area (Å²) in [6.07, 6.45) is 1.28. The van der Waals surface area contributed by atoms with Crippen molar-refractivity contribution in [2.24, 2.45) is 0 Å². The van der Waals surface area contributed by atoms with Crippen LogP contribution in [0, 0.1) is 11.3 Å². The van der Waals surface area contributed by atoms with Crippen molar-refractivity contribution in [3.05, 3.63) is 35.4 Å². The van der Waals surface area contributed by atoms with E-state index in [1.807, 2.05) is 12.1 Å². The largest absolute Gasteiger partial charge is 0.481 e. The van der Waals surface area contributed by atoms with Gasteiger partial charge in [-0.25, -0.2) is 0 Å². The zero-order valence-electron chi connectivity index (χ0n) is 7.73. The highest BCUT2D eigenvalue weighted by molar-refractivity contribution is 5.70. The van der Waals surface area contributed by atoms with Gasteiger partial charge in [0.05, 0.1) is 12.5 Å². The van der Waals surface area contributed by atoms with Gasteiger partial charge in [-0.3, -0.25) is 4.79 Å². The molecule has 0 aliphatic heterocycles. The third-order valence-corrected chi connectivity index (χ3v) is 1.90. The van der Waals surface area contributed by atoms with Crippen LogP contribution in [0.5, 0.6) is 0 Å². The SMILES string of the molecule is N#CCCc1ccc(CC(=O)O)cc1. The Morgan fingerprint density at radius 1 is 1.29 bits per heavy atom. The summed E-state index contributed by atoms with van der Waals surface area (Å²) in [4.78, 5) is 10.4. The first-order valence-electron chi connectivity index (χ1n) is 4.39. The average molecular weight is 189 g/mol. The van der Waals surface area contributed by atoms with Crippen LogP contribution in [-0.2, 0) is 17.6 Å². The molecule has 0 aliphatic rings. The predicted molar refractivity (Wildman–Crippen MR) is 51.7 cm³/mol. The van der Waals surface area contributed by atoms with Gasteiger partial charge in [-0.2, -0.15) is 5.26 Å². The molecule has 0 saturated carbocycles. The van der Waals surface area contributed by atoms with E-state index in [-0.39, 0.29) is 6.42 Å². The average Bonchev–Trinajstić information content (AvgIpc) is 2.16. The summed E-state index contributed by atoms with van der Waals surface area (Å²) in [6, 6.07) is 9.40. The molecule has 0 saturated heterocycles. The van der Waals surface area contributed by atoms with E-state index in [9.17, 15) is 4.79 Å². The van der Waals surface area contributed by atoms with Crippen molar-refractivity contribution in [1.29, 1.82) is 5.26 Å². The summed E-state index contributed by atoms with van der Waals surface area (Å²) < 4.78 is 0. The molecule has 0 spiro atoms. The standard InChI is InChI=1S/C11H11NO2/c12-7-1-2-9-3-5-10(6-4-9)8-11(13)14/h3-6H,1-2,8H2,(H,13,14). The molecule has 3 heteroatoms. The summed E-state index contributed by atoms with van der Waals surface area (Å²) >= 11 is 0. The van der Waals surface area contributed by atoms with Crippen LogP contribution in [0.2, 0.25) is 0 Å². The van der Waals surface area contributed by atoms with E-state index >= 15 is 0 Å². The topological polar surface area (TPSA) is 61.1 Å². The number of carbonyl (C=O) groups is 1. The Labute approximate surface area is 82.6 Å². The van der Waals surface area contributed by atoms with Crippen LogP contribution >= 0.6 is 0 Å². The van der Waals surface area contributed by atoms with Crippen molar-refractivity contribution in [3.63, 3.8) is 0 Å². The zero-order chi connectivity index (χ0) is 10.4. The van der Waals surface area contributed by atoms with Gasteiger partial charge in [-0.1, -0.05) is 24.3 Å². The van der Waals surface area contributed by atoms with E-state index in [0.717, 1.165) is 17.5 Å². The highest BCUT2D eigenvalue weighted by Gasteiger charge is 1.99. The Balaban J connectivity index is 2.60. The molecule has 0 unspecified atom stereocenters. The predicted octanol–water partition coefficient (Wildman–Crippen LogP) is 1.77. The lowest BCUT2D eigenvalue weighted by Crippen LogP contribution is -1.99. The fourth-order valence-corrected chi connectivity index (χ4v) is 1.20. The number of aryl methyl sites for hydroxylation is 1. The number of nitrogens with zero attached hydrogens (tertiary/aromatic N) is 1. The lowest BCUT2D eigenvalue weighted by molar-refractivity contribution is -0.136. The second kappa shape index (κ2) is 5.03. The zero-order valence-corrected chi connectivity index (χ0v) is 7.73. The molecular weight excluding hydrogens is 178 g/mol. The van der Waals surface area contributed by atoms with Crippen LogP contribution in [-0.4, -0.2) is 11.1 Å². The maximum Gasteiger partial charge on any atom is 0.307 e. The van der Waals surface area contributed by atoms with Gasteiger partial charge in [0.15, 0.2) is 0 Å². The van der Waals surface area contributed by atoms with Crippen molar-refractivity contribution in [1.82, 2.24) is 0 Å². The Bertz CT molecular complexity index is 349. The van der Waals surface area contributed by atoms with E-state index < -0.39 is 5.97 Å². The highest BCUT2D eigenvalue weighted by Crippen LogP contribution is 2.07. The molecule has 0 amide bonds. The van der Waals surface area contributed by atoms with E-state index in [4.69, 9.17) is 10.4 Å². The van der Waals surface area contributed by atoms with Crippen LogP contribution in [0.4, 0.5) is 0 Å². The Kier molecular flexibility index (Phi) is 3.69. The van der Waals surface area contributed by atoms with Crippen molar-refractivity contribution >= 4 is 5.97 Å². The lowest BCUT2D eigenvalue weighted by atomic mass is 10.1. The number of carboxylic acids is 1. The molecule has 0 heterocycles. The summed E-state index contributed by atoms with van der Waals surface area (Å²) in [7, 11) is 0. The normalized spacial score (nSPS) is 9.36. The molecule has 1 rings (SSSR count). The summed E-state index contributed by atoms with van der Waals surface area (Å²) in [5, 5.41) is 16.9. The van der Waals surface area contributed by atoms with Gasteiger partial charge in [-0.15, -0.1) is 0 Å². The summed E-state index contributed by atoms with van der Waals surface area (Å²) in [5.74, 6) is -0.824.